The maximum absolute atomic E-state index is 11.5. The molecular weight excluding hydrogens is 180 g/mol. The molecule has 4 nitrogen and oxygen atoms in total. The Morgan fingerprint density at radius 1 is 1.36 bits per heavy atom. The first-order valence-electron chi connectivity index (χ1n) is 4.18. The van der Waals surface area contributed by atoms with Gasteiger partial charge in [-0.1, -0.05) is 23.4 Å². The molecule has 0 aromatic heterocycles. The second kappa shape index (κ2) is 4.41. The van der Waals surface area contributed by atoms with Crippen molar-refractivity contribution in [3.8, 4) is 0 Å². The molecule has 1 amide bonds. The summed E-state index contributed by atoms with van der Waals surface area (Å²) >= 11 is 0. The van der Waals surface area contributed by atoms with E-state index in [4.69, 9.17) is 5.21 Å². The molecule has 0 unspecified atom stereocenters. The van der Waals surface area contributed by atoms with Crippen molar-refractivity contribution in [2.24, 2.45) is 5.16 Å². The Bertz CT molecular complexity index is 346. The second-order valence-corrected chi connectivity index (χ2v) is 2.89. The third kappa shape index (κ3) is 2.10. The van der Waals surface area contributed by atoms with Gasteiger partial charge in [0.15, 0.2) is 0 Å². The number of nitrogens with zero attached hydrogens (tertiary/aromatic N) is 2. The van der Waals surface area contributed by atoms with Crippen LogP contribution in [0.1, 0.15) is 6.92 Å². The van der Waals surface area contributed by atoms with E-state index < -0.39 is 0 Å². The molecule has 1 aromatic rings. The lowest BCUT2D eigenvalue weighted by Crippen LogP contribution is -2.31. The Morgan fingerprint density at radius 3 is 2.43 bits per heavy atom. The van der Waals surface area contributed by atoms with E-state index in [-0.39, 0.29) is 11.6 Å². The van der Waals surface area contributed by atoms with Crippen LogP contribution in [-0.2, 0) is 4.79 Å². The van der Waals surface area contributed by atoms with Crippen LogP contribution >= 0.6 is 0 Å². The van der Waals surface area contributed by atoms with Crippen LogP contribution in [0.5, 0.6) is 0 Å². The first-order chi connectivity index (χ1) is 6.66. The lowest BCUT2D eigenvalue weighted by atomic mass is 10.2. The van der Waals surface area contributed by atoms with Gasteiger partial charge in [-0.2, -0.15) is 0 Å². The predicted octanol–water partition coefficient (Wildman–Crippen LogP) is 1.50. The Morgan fingerprint density at radius 2 is 1.93 bits per heavy atom. The number of anilines is 1. The van der Waals surface area contributed by atoms with Crippen LogP contribution < -0.4 is 4.90 Å². The fourth-order valence-corrected chi connectivity index (χ4v) is 1.05. The van der Waals surface area contributed by atoms with E-state index in [1.54, 1.807) is 7.05 Å². The van der Waals surface area contributed by atoms with Gasteiger partial charge in [0.25, 0.3) is 5.91 Å². The van der Waals surface area contributed by atoms with E-state index >= 15 is 0 Å². The van der Waals surface area contributed by atoms with E-state index in [2.05, 4.69) is 5.16 Å². The largest absolute Gasteiger partial charge is 0.410 e. The van der Waals surface area contributed by atoms with E-state index in [9.17, 15) is 4.79 Å². The fourth-order valence-electron chi connectivity index (χ4n) is 1.05. The molecule has 0 atom stereocenters. The van der Waals surface area contributed by atoms with Crippen LogP contribution in [0.3, 0.4) is 0 Å². The maximum atomic E-state index is 11.5. The van der Waals surface area contributed by atoms with Crippen molar-refractivity contribution in [2.45, 2.75) is 6.92 Å². The first kappa shape index (κ1) is 10.2. The number of hydrogen-bond acceptors (Lipinski definition) is 3. The number of carbonyl (C=O) groups excluding carboxylic acids is 1. The summed E-state index contributed by atoms with van der Waals surface area (Å²) in [6.07, 6.45) is 0. The fraction of sp³-hybridized carbons (Fsp3) is 0.200. The van der Waals surface area contributed by atoms with Crippen molar-refractivity contribution in [2.75, 3.05) is 11.9 Å². The minimum atomic E-state index is -0.321. The summed E-state index contributed by atoms with van der Waals surface area (Å²) in [6, 6.07) is 9.16. The molecule has 0 aliphatic heterocycles. The molecule has 0 heterocycles. The van der Waals surface area contributed by atoms with Gasteiger partial charge in [0.2, 0.25) is 0 Å². The highest BCUT2D eigenvalue weighted by molar-refractivity contribution is 6.42. The minimum absolute atomic E-state index is 0.0661. The Hall–Kier alpha value is -1.84. The lowest BCUT2D eigenvalue weighted by Gasteiger charge is -2.15. The maximum Gasteiger partial charge on any atom is 0.275 e. The van der Waals surface area contributed by atoms with Gasteiger partial charge in [-0.25, -0.2) is 0 Å². The molecule has 4 heteroatoms. The minimum Gasteiger partial charge on any atom is -0.410 e. The summed E-state index contributed by atoms with van der Waals surface area (Å²) in [5.41, 5.74) is 0.830. The Kier molecular flexibility index (Phi) is 3.23. The van der Waals surface area contributed by atoms with Crippen molar-refractivity contribution >= 4 is 17.3 Å². The molecule has 0 aliphatic carbocycles. The van der Waals surface area contributed by atoms with Gasteiger partial charge in [0.05, 0.1) is 0 Å². The zero-order valence-corrected chi connectivity index (χ0v) is 8.14. The first-order valence-corrected chi connectivity index (χ1v) is 4.18. The second-order valence-electron chi connectivity index (χ2n) is 2.89. The van der Waals surface area contributed by atoms with Crippen molar-refractivity contribution in [1.29, 1.82) is 0 Å². The van der Waals surface area contributed by atoms with Gasteiger partial charge in [-0.05, 0) is 19.1 Å². The summed E-state index contributed by atoms with van der Waals surface area (Å²) in [4.78, 5) is 12.9. The predicted molar refractivity (Wildman–Crippen MR) is 54.7 cm³/mol. The molecule has 74 valence electrons. The molecule has 1 rings (SSSR count). The van der Waals surface area contributed by atoms with E-state index in [0.717, 1.165) is 5.69 Å². The normalized spacial score (nSPS) is 11.1. The summed E-state index contributed by atoms with van der Waals surface area (Å²) in [7, 11) is 1.63. The average Bonchev–Trinajstić information content (AvgIpc) is 2.27. The van der Waals surface area contributed by atoms with Gasteiger partial charge in [0, 0.05) is 12.7 Å². The Labute approximate surface area is 82.5 Å². The highest BCUT2D eigenvalue weighted by atomic mass is 16.4. The topological polar surface area (TPSA) is 52.9 Å². The quantitative estimate of drug-likeness (QED) is 0.438. The molecule has 0 aliphatic rings. The highest BCUT2D eigenvalue weighted by Gasteiger charge is 2.13. The van der Waals surface area contributed by atoms with Crippen molar-refractivity contribution in [1.82, 2.24) is 0 Å². The average molecular weight is 192 g/mol. The van der Waals surface area contributed by atoms with Crippen molar-refractivity contribution < 1.29 is 10.0 Å². The molecule has 1 aromatic carbocycles. The molecule has 0 saturated carbocycles. The number of rotatable bonds is 2. The monoisotopic (exact) mass is 192 g/mol. The molecule has 0 spiro atoms. The standard InChI is InChI=1S/C10H12N2O2/c1-8(11-14)10(13)12(2)9-6-4-3-5-7-9/h3-7,14H,1-2H3/b11-8+. The molecule has 14 heavy (non-hydrogen) atoms. The van der Waals surface area contributed by atoms with Gasteiger partial charge in [0.1, 0.15) is 5.71 Å². The van der Waals surface area contributed by atoms with E-state index in [1.807, 2.05) is 30.3 Å². The number of hydrogen-bond donors (Lipinski definition) is 1. The number of amides is 1. The lowest BCUT2D eigenvalue weighted by molar-refractivity contribution is -0.112. The third-order valence-corrected chi connectivity index (χ3v) is 1.91. The molecule has 0 radical (unpaired) electrons. The smallest absolute Gasteiger partial charge is 0.275 e. The van der Waals surface area contributed by atoms with Crippen molar-refractivity contribution in [3.05, 3.63) is 30.3 Å². The van der Waals surface area contributed by atoms with E-state index in [1.165, 1.54) is 11.8 Å². The van der Waals surface area contributed by atoms with Crippen molar-refractivity contribution in [3.63, 3.8) is 0 Å². The van der Waals surface area contributed by atoms with Crippen LogP contribution in [0, 0.1) is 0 Å². The number of carbonyl (C=O) groups is 1. The third-order valence-electron chi connectivity index (χ3n) is 1.91. The van der Waals surface area contributed by atoms with Crippen LogP contribution in [0.4, 0.5) is 5.69 Å². The van der Waals surface area contributed by atoms with Crippen LogP contribution in [-0.4, -0.2) is 23.9 Å². The molecule has 0 fully saturated rings. The van der Waals surface area contributed by atoms with Gasteiger partial charge < -0.3 is 10.1 Å². The molecule has 0 bridgehead atoms. The molecule has 0 saturated heterocycles. The number of oxime groups is 1. The summed E-state index contributed by atoms with van der Waals surface area (Å²) in [5, 5.41) is 11.3. The van der Waals surface area contributed by atoms with Crippen LogP contribution in [0.2, 0.25) is 0 Å². The summed E-state index contributed by atoms with van der Waals surface area (Å²) in [5.74, 6) is -0.321. The zero-order chi connectivity index (χ0) is 10.6. The molecule has 1 N–H and O–H groups in total. The Balaban J connectivity index is 2.87. The van der Waals surface area contributed by atoms with E-state index in [0.29, 0.717) is 0 Å². The highest BCUT2D eigenvalue weighted by Crippen LogP contribution is 2.11. The molecular formula is C10H12N2O2. The van der Waals surface area contributed by atoms with Gasteiger partial charge in [-0.15, -0.1) is 0 Å². The number of para-hydroxylation sites is 1. The van der Waals surface area contributed by atoms with Crippen LogP contribution in [0.25, 0.3) is 0 Å². The summed E-state index contributed by atoms with van der Waals surface area (Å²) < 4.78 is 0. The van der Waals surface area contributed by atoms with Gasteiger partial charge in [-0.3, -0.25) is 4.79 Å². The zero-order valence-electron chi connectivity index (χ0n) is 8.14. The van der Waals surface area contributed by atoms with Crippen LogP contribution in [0.15, 0.2) is 35.5 Å². The summed E-state index contributed by atoms with van der Waals surface area (Å²) in [6.45, 7) is 1.46. The van der Waals surface area contributed by atoms with Gasteiger partial charge >= 0.3 is 0 Å². The number of benzene rings is 1. The SMILES string of the molecule is C/C(=N\O)C(=O)N(C)c1ccccc1.